The van der Waals surface area contributed by atoms with Gasteiger partial charge in [0, 0.05) is 20.0 Å². The number of hydrogen-bond donors (Lipinski definition) is 1. The van der Waals surface area contributed by atoms with Crippen molar-refractivity contribution in [2.24, 2.45) is 0 Å². The Balaban J connectivity index is 2.62. The molecule has 12 heavy (non-hydrogen) atoms. The number of halogens is 2. The first-order valence-corrected chi connectivity index (χ1v) is 4.14. The molecule has 0 aliphatic carbocycles. The molecule has 0 spiro atoms. The Labute approximate surface area is 71.2 Å². The zero-order valence-corrected chi connectivity index (χ0v) is 7.48. The fourth-order valence-electron chi connectivity index (χ4n) is 1.43. The molecule has 0 aromatic rings. The van der Waals surface area contributed by atoms with E-state index in [1.807, 2.05) is 11.9 Å². The van der Waals surface area contributed by atoms with E-state index in [9.17, 15) is 13.9 Å². The third-order valence-corrected chi connectivity index (χ3v) is 2.63. The van der Waals surface area contributed by atoms with Gasteiger partial charge in [-0.15, -0.1) is 0 Å². The lowest BCUT2D eigenvalue weighted by molar-refractivity contribution is -0.188. The Bertz CT molecular complexity index is 159. The molecule has 0 aromatic carbocycles. The molecule has 1 fully saturated rings. The van der Waals surface area contributed by atoms with Crippen molar-refractivity contribution in [2.45, 2.75) is 31.3 Å². The molecule has 72 valence electrons. The van der Waals surface area contributed by atoms with E-state index in [0.29, 0.717) is 13.1 Å². The van der Waals surface area contributed by atoms with E-state index >= 15 is 0 Å². The fourth-order valence-corrected chi connectivity index (χ4v) is 1.43. The number of hydrogen-bond acceptors (Lipinski definition) is 2. The van der Waals surface area contributed by atoms with Gasteiger partial charge in [0.15, 0.2) is 0 Å². The highest BCUT2D eigenvalue weighted by molar-refractivity contribution is 4.93. The van der Waals surface area contributed by atoms with Crippen molar-refractivity contribution in [1.82, 2.24) is 4.90 Å². The molecule has 0 bridgehead atoms. The Hall–Kier alpha value is -0.220. The molecule has 1 N–H and O–H groups in total. The van der Waals surface area contributed by atoms with Crippen LogP contribution in [0, 0.1) is 0 Å². The Morgan fingerprint density at radius 2 is 1.75 bits per heavy atom. The van der Waals surface area contributed by atoms with Crippen LogP contribution in [0.15, 0.2) is 0 Å². The maximum absolute atomic E-state index is 12.9. The summed E-state index contributed by atoms with van der Waals surface area (Å²) in [5, 5.41) is 9.55. The highest BCUT2D eigenvalue weighted by Crippen LogP contribution is 2.36. The second-order valence-corrected chi connectivity index (χ2v) is 3.72. The smallest absolute Gasteiger partial charge is 0.273 e. The molecule has 1 aliphatic rings. The van der Waals surface area contributed by atoms with Crippen molar-refractivity contribution in [3.63, 3.8) is 0 Å². The van der Waals surface area contributed by atoms with Crippen LogP contribution in [0.4, 0.5) is 8.78 Å². The van der Waals surface area contributed by atoms with Crippen LogP contribution in [0.1, 0.15) is 19.8 Å². The molecule has 1 rings (SSSR count). The lowest BCUT2D eigenvalue weighted by atomic mass is 9.86. The van der Waals surface area contributed by atoms with E-state index in [0.717, 1.165) is 6.92 Å². The maximum atomic E-state index is 12.9. The number of piperidine rings is 1. The second kappa shape index (κ2) is 2.92. The minimum atomic E-state index is -2.98. The first kappa shape index (κ1) is 9.86. The third kappa shape index (κ3) is 1.75. The van der Waals surface area contributed by atoms with Crippen LogP contribution >= 0.6 is 0 Å². The first-order chi connectivity index (χ1) is 5.35. The van der Waals surface area contributed by atoms with E-state index < -0.39 is 11.5 Å². The minimum absolute atomic E-state index is 0.160. The number of likely N-dealkylation sites (tertiary alicyclic amines) is 1. The summed E-state index contributed by atoms with van der Waals surface area (Å²) >= 11 is 0. The summed E-state index contributed by atoms with van der Waals surface area (Å²) in [6.45, 7) is 1.87. The molecule has 1 heterocycles. The van der Waals surface area contributed by atoms with Crippen LogP contribution in [0.2, 0.25) is 0 Å². The van der Waals surface area contributed by atoms with Gasteiger partial charge in [0.2, 0.25) is 0 Å². The predicted molar refractivity (Wildman–Crippen MR) is 42.3 cm³/mol. The van der Waals surface area contributed by atoms with Gasteiger partial charge in [-0.1, -0.05) is 0 Å². The molecule has 0 aromatic heterocycles. The van der Waals surface area contributed by atoms with Crippen LogP contribution in [0.25, 0.3) is 0 Å². The maximum Gasteiger partial charge on any atom is 0.273 e. The normalized spacial score (nSPS) is 25.8. The second-order valence-electron chi connectivity index (χ2n) is 3.72. The van der Waals surface area contributed by atoms with Gasteiger partial charge in [-0.05, 0) is 19.9 Å². The highest BCUT2D eigenvalue weighted by atomic mass is 19.3. The summed E-state index contributed by atoms with van der Waals surface area (Å²) in [4.78, 5) is 1.94. The summed E-state index contributed by atoms with van der Waals surface area (Å²) in [6, 6.07) is 0. The number of nitrogens with zero attached hydrogens (tertiary/aromatic N) is 1. The Morgan fingerprint density at radius 3 is 2.08 bits per heavy atom. The summed E-state index contributed by atoms with van der Waals surface area (Å²) in [7, 11) is 1.87. The van der Waals surface area contributed by atoms with Crippen LogP contribution in [0.3, 0.4) is 0 Å². The van der Waals surface area contributed by atoms with Gasteiger partial charge in [-0.25, -0.2) is 8.78 Å². The minimum Gasteiger partial charge on any atom is -0.384 e. The molecule has 0 radical (unpaired) electrons. The zero-order valence-electron chi connectivity index (χ0n) is 7.48. The molecule has 0 amide bonds. The van der Waals surface area contributed by atoms with E-state index in [-0.39, 0.29) is 12.8 Å². The van der Waals surface area contributed by atoms with Crippen molar-refractivity contribution in [3.05, 3.63) is 0 Å². The van der Waals surface area contributed by atoms with Crippen molar-refractivity contribution < 1.29 is 13.9 Å². The number of alkyl halides is 2. The molecule has 4 heteroatoms. The molecule has 1 saturated heterocycles. The molecule has 0 saturated carbocycles. The summed E-state index contributed by atoms with van der Waals surface area (Å²) in [6.07, 6.45) is 0.319. The standard InChI is InChI=1S/C8H15F2NO/c1-7(9,10)8(12)3-5-11(2)6-4-8/h12H,3-6H2,1-2H3. The molecule has 0 atom stereocenters. The van der Waals surface area contributed by atoms with Gasteiger partial charge >= 0.3 is 0 Å². The number of rotatable bonds is 1. The van der Waals surface area contributed by atoms with Gasteiger partial charge in [0.05, 0.1) is 0 Å². The summed E-state index contributed by atoms with van der Waals surface area (Å²) < 4.78 is 25.7. The van der Waals surface area contributed by atoms with E-state index in [2.05, 4.69) is 0 Å². The van der Waals surface area contributed by atoms with Crippen LogP contribution < -0.4 is 0 Å². The van der Waals surface area contributed by atoms with Crippen molar-refractivity contribution in [3.8, 4) is 0 Å². The van der Waals surface area contributed by atoms with Crippen molar-refractivity contribution >= 4 is 0 Å². The largest absolute Gasteiger partial charge is 0.384 e. The van der Waals surface area contributed by atoms with Crippen LogP contribution in [0.5, 0.6) is 0 Å². The molecular weight excluding hydrogens is 164 g/mol. The summed E-state index contributed by atoms with van der Waals surface area (Å²) in [5.41, 5.74) is -1.78. The van der Waals surface area contributed by atoms with E-state index in [4.69, 9.17) is 0 Å². The van der Waals surface area contributed by atoms with E-state index in [1.165, 1.54) is 0 Å². The summed E-state index contributed by atoms with van der Waals surface area (Å²) in [5.74, 6) is -2.98. The molecular formula is C8H15F2NO. The van der Waals surface area contributed by atoms with Gasteiger partial charge in [-0.2, -0.15) is 0 Å². The van der Waals surface area contributed by atoms with Crippen LogP contribution in [-0.2, 0) is 0 Å². The van der Waals surface area contributed by atoms with Crippen LogP contribution in [-0.4, -0.2) is 41.7 Å². The molecule has 1 aliphatic heterocycles. The Morgan fingerprint density at radius 1 is 1.33 bits per heavy atom. The highest BCUT2D eigenvalue weighted by Gasteiger charge is 2.49. The van der Waals surface area contributed by atoms with Crippen molar-refractivity contribution in [2.75, 3.05) is 20.1 Å². The van der Waals surface area contributed by atoms with Gasteiger partial charge in [0.25, 0.3) is 5.92 Å². The average molecular weight is 179 g/mol. The van der Waals surface area contributed by atoms with Gasteiger partial charge < -0.3 is 10.0 Å². The quantitative estimate of drug-likeness (QED) is 0.651. The van der Waals surface area contributed by atoms with Gasteiger partial charge in [-0.3, -0.25) is 0 Å². The van der Waals surface area contributed by atoms with Crippen molar-refractivity contribution in [1.29, 1.82) is 0 Å². The number of aliphatic hydroxyl groups is 1. The molecule has 0 unspecified atom stereocenters. The molecule has 2 nitrogen and oxygen atoms in total. The lowest BCUT2D eigenvalue weighted by Crippen LogP contribution is -2.53. The zero-order chi connectivity index (χ0) is 9.41. The first-order valence-electron chi connectivity index (χ1n) is 4.14. The van der Waals surface area contributed by atoms with E-state index in [1.54, 1.807) is 0 Å². The SMILES string of the molecule is CN1CCC(O)(C(C)(F)F)CC1. The van der Waals surface area contributed by atoms with Gasteiger partial charge in [0.1, 0.15) is 5.60 Å². The topological polar surface area (TPSA) is 23.5 Å². The fraction of sp³-hybridized carbons (Fsp3) is 1.00. The third-order valence-electron chi connectivity index (χ3n) is 2.63. The lowest BCUT2D eigenvalue weighted by Gasteiger charge is -2.40. The predicted octanol–water partition coefficient (Wildman–Crippen LogP) is 1.10. The monoisotopic (exact) mass is 179 g/mol. The average Bonchev–Trinajstić information content (AvgIpc) is 1.93. The Kier molecular flexibility index (Phi) is 2.40.